The number of carbonyl (C=O) groups excluding carboxylic acids is 3. The predicted octanol–water partition coefficient (Wildman–Crippen LogP) is -0.192. The summed E-state index contributed by atoms with van der Waals surface area (Å²) >= 11 is 0. The van der Waals surface area contributed by atoms with Crippen LogP contribution in [0.4, 0.5) is 4.79 Å². The second kappa shape index (κ2) is 4.54. The Morgan fingerprint density at radius 1 is 1.14 bits per heavy atom. The molecule has 8 heteroatoms. The molecule has 0 N–H and O–H groups in total. The number of hydrogen-bond acceptors (Lipinski definition) is 8. The fraction of sp³-hybridized carbons (Fsp3) is 0.615. The van der Waals surface area contributed by atoms with Gasteiger partial charge < -0.3 is 23.7 Å². The van der Waals surface area contributed by atoms with Gasteiger partial charge in [-0.2, -0.15) is 0 Å². The number of esters is 1. The summed E-state index contributed by atoms with van der Waals surface area (Å²) in [6.45, 7) is 0. The highest BCUT2D eigenvalue weighted by Gasteiger charge is 2.70. The van der Waals surface area contributed by atoms with Crippen LogP contribution in [-0.4, -0.2) is 57.2 Å². The van der Waals surface area contributed by atoms with Crippen molar-refractivity contribution < 1.29 is 38.1 Å². The lowest BCUT2D eigenvalue weighted by atomic mass is 9.63. The highest BCUT2D eigenvalue weighted by molar-refractivity contribution is 6.01. The molecule has 0 aromatic rings. The summed E-state index contributed by atoms with van der Waals surface area (Å²) in [7, 11) is 3.82. The molecule has 4 aliphatic rings. The van der Waals surface area contributed by atoms with E-state index in [0.717, 1.165) is 0 Å². The smallest absolute Gasteiger partial charge is 0.466 e. The average molecular weight is 298 g/mol. The number of carbonyl (C=O) groups is 3. The summed E-state index contributed by atoms with van der Waals surface area (Å²) in [6, 6.07) is 0. The third-order valence-corrected chi connectivity index (χ3v) is 4.25. The Bertz CT molecular complexity index is 546. The Morgan fingerprint density at radius 2 is 1.76 bits per heavy atom. The predicted molar refractivity (Wildman–Crippen MR) is 64.0 cm³/mol. The zero-order valence-corrected chi connectivity index (χ0v) is 11.7. The molecule has 1 saturated heterocycles. The summed E-state index contributed by atoms with van der Waals surface area (Å²) in [5.74, 6) is -4.55. The van der Waals surface area contributed by atoms with Gasteiger partial charge in [0, 0.05) is 19.8 Å². The fourth-order valence-corrected chi connectivity index (χ4v) is 3.37. The zero-order chi connectivity index (χ0) is 15.4. The van der Waals surface area contributed by atoms with Crippen LogP contribution in [0.15, 0.2) is 11.6 Å². The topological polar surface area (TPSA) is 97.4 Å². The molecule has 1 aliphatic heterocycles. The van der Waals surface area contributed by atoms with Crippen molar-refractivity contribution in [3.63, 3.8) is 0 Å². The van der Waals surface area contributed by atoms with Crippen LogP contribution in [0.2, 0.25) is 0 Å². The number of rotatable bonds is 3. The molecule has 0 radical (unpaired) electrons. The number of methoxy groups -OCH3 is 3. The van der Waals surface area contributed by atoms with Gasteiger partial charge in [0.1, 0.15) is 0 Å². The van der Waals surface area contributed by atoms with Crippen LogP contribution in [0, 0.1) is 11.8 Å². The highest BCUT2D eigenvalue weighted by atomic mass is 16.8. The Hall–Kier alpha value is -1.93. The van der Waals surface area contributed by atoms with Crippen LogP contribution < -0.4 is 0 Å². The van der Waals surface area contributed by atoms with Crippen molar-refractivity contribution in [1.29, 1.82) is 0 Å². The second-order valence-electron chi connectivity index (χ2n) is 4.97. The van der Waals surface area contributed by atoms with Crippen molar-refractivity contribution in [2.45, 2.75) is 18.0 Å². The quantitative estimate of drug-likeness (QED) is 0.522. The lowest BCUT2D eigenvalue weighted by Gasteiger charge is -2.49. The van der Waals surface area contributed by atoms with Crippen LogP contribution in [-0.2, 0) is 33.3 Å². The third-order valence-electron chi connectivity index (χ3n) is 4.25. The lowest BCUT2D eigenvalue weighted by Crippen LogP contribution is -2.67. The van der Waals surface area contributed by atoms with Gasteiger partial charge in [0.05, 0.1) is 18.9 Å². The van der Waals surface area contributed by atoms with Crippen LogP contribution in [0.25, 0.3) is 0 Å². The zero-order valence-electron chi connectivity index (χ0n) is 11.7. The Labute approximate surface area is 119 Å². The average Bonchev–Trinajstić information content (AvgIpc) is 2.89. The van der Waals surface area contributed by atoms with Gasteiger partial charge in [-0.15, -0.1) is 0 Å². The largest absolute Gasteiger partial charge is 0.509 e. The van der Waals surface area contributed by atoms with Gasteiger partial charge in [0.2, 0.25) is 11.6 Å². The maximum atomic E-state index is 12.6. The van der Waals surface area contributed by atoms with Crippen molar-refractivity contribution in [2.24, 2.45) is 11.8 Å². The Balaban J connectivity index is 2.15. The first kappa shape index (κ1) is 14.0. The molecule has 2 fully saturated rings. The van der Waals surface area contributed by atoms with Gasteiger partial charge >= 0.3 is 12.1 Å². The van der Waals surface area contributed by atoms with Crippen molar-refractivity contribution in [3.8, 4) is 0 Å². The van der Waals surface area contributed by atoms with Crippen LogP contribution in [0.3, 0.4) is 0 Å². The Morgan fingerprint density at radius 3 is 2.33 bits per heavy atom. The van der Waals surface area contributed by atoms with Gasteiger partial charge in [-0.1, -0.05) is 6.08 Å². The number of ketones is 1. The summed E-state index contributed by atoms with van der Waals surface area (Å²) in [5.41, 5.74) is 0.186. The molecule has 3 aliphatic carbocycles. The lowest BCUT2D eigenvalue weighted by molar-refractivity contribution is -0.255. The van der Waals surface area contributed by atoms with Gasteiger partial charge in [0.25, 0.3) is 0 Å². The van der Waals surface area contributed by atoms with Gasteiger partial charge in [-0.3, -0.25) is 4.79 Å². The summed E-state index contributed by atoms with van der Waals surface area (Å²) < 4.78 is 25.4. The summed E-state index contributed by atoms with van der Waals surface area (Å²) in [5, 5.41) is 0. The fourth-order valence-electron chi connectivity index (χ4n) is 3.37. The molecular formula is C13H14O8. The van der Waals surface area contributed by atoms with Gasteiger partial charge in [-0.05, 0) is 0 Å². The van der Waals surface area contributed by atoms with Crippen molar-refractivity contribution in [2.75, 3.05) is 21.3 Å². The molecule has 0 aromatic heterocycles. The minimum atomic E-state index is -1.70. The molecule has 114 valence electrons. The van der Waals surface area contributed by atoms with E-state index in [4.69, 9.17) is 23.7 Å². The molecule has 0 unspecified atom stereocenters. The van der Waals surface area contributed by atoms with Crippen molar-refractivity contribution in [3.05, 3.63) is 11.6 Å². The molecule has 0 spiro atoms. The molecule has 0 aromatic carbocycles. The molecule has 0 amide bonds. The standard InChI is InChI=1S/C13H14O8/c1-17-11(15)5-4-6-8-9(21-12(16)20-8)7(5)13(18-2,19-3)10(6)14/h4,6-9H,1-3H3/t6-,7+,8+,9-/m0/s1. The van der Waals surface area contributed by atoms with Crippen LogP contribution >= 0.6 is 0 Å². The minimum absolute atomic E-state index is 0.186. The minimum Gasteiger partial charge on any atom is -0.466 e. The van der Waals surface area contributed by atoms with Crippen LogP contribution in [0.1, 0.15) is 0 Å². The van der Waals surface area contributed by atoms with Crippen molar-refractivity contribution >= 4 is 17.9 Å². The molecule has 21 heavy (non-hydrogen) atoms. The molecular weight excluding hydrogens is 284 g/mol. The number of hydrogen-bond donors (Lipinski definition) is 0. The Kier molecular flexibility index (Phi) is 3.03. The van der Waals surface area contributed by atoms with Crippen LogP contribution in [0.5, 0.6) is 0 Å². The molecule has 1 saturated carbocycles. The normalized spacial score (nSPS) is 35.7. The van der Waals surface area contributed by atoms with E-state index in [9.17, 15) is 14.4 Å². The monoisotopic (exact) mass is 298 g/mol. The molecule has 2 bridgehead atoms. The highest BCUT2D eigenvalue weighted by Crippen LogP contribution is 2.51. The SMILES string of the molecule is COC(=O)C1=C[C@@H]2C(=O)C(OC)(OC)[C@H]1[C@@H]1OC(=O)O[C@@H]12. The van der Waals surface area contributed by atoms with E-state index >= 15 is 0 Å². The van der Waals surface area contributed by atoms with E-state index in [1.165, 1.54) is 27.4 Å². The maximum Gasteiger partial charge on any atom is 0.509 e. The third kappa shape index (κ3) is 1.60. The van der Waals surface area contributed by atoms with E-state index in [1.54, 1.807) is 0 Å². The number of ether oxygens (including phenoxy) is 5. The molecule has 4 rings (SSSR count). The van der Waals surface area contributed by atoms with E-state index in [2.05, 4.69) is 0 Å². The van der Waals surface area contributed by atoms with Gasteiger partial charge in [0.15, 0.2) is 12.2 Å². The molecule has 8 nitrogen and oxygen atoms in total. The van der Waals surface area contributed by atoms with E-state index in [1.807, 2.05) is 0 Å². The molecule has 4 atom stereocenters. The first-order chi connectivity index (χ1) is 10.00. The first-order valence-electron chi connectivity index (χ1n) is 6.32. The van der Waals surface area contributed by atoms with Crippen molar-refractivity contribution in [1.82, 2.24) is 0 Å². The molecule has 1 heterocycles. The first-order valence-corrected chi connectivity index (χ1v) is 6.32. The van der Waals surface area contributed by atoms with E-state index < -0.39 is 47.7 Å². The summed E-state index contributed by atoms with van der Waals surface area (Å²) in [6.07, 6.45) is -1.05. The van der Waals surface area contributed by atoms with Gasteiger partial charge in [-0.25, -0.2) is 9.59 Å². The number of Topliss-reactive ketones (excluding diaryl/α,β-unsaturated/α-hetero) is 1. The van der Waals surface area contributed by atoms with E-state index in [0.29, 0.717) is 0 Å². The maximum absolute atomic E-state index is 12.6. The second-order valence-corrected chi connectivity index (χ2v) is 4.97. The van der Waals surface area contributed by atoms with E-state index in [-0.39, 0.29) is 5.57 Å². The number of fused-ring (bicyclic) bond motifs is 1. The summed E-state index contributed by atoms with van der Waals surface area (Å²) in [4.78, 5) is 35.9.